The van der Waals surface area contributed by atoms with Crippen LogP contribution >= 0.6 is 0 Å². The summed E-state index contributed by atoms with van der Waals surface area (Å²) in [4.78, 5) is 26.6. The summed E-state index contributed by atoms with van der Waals surface area (Å²) in [5.74, 6) is -0.158. The molecule has 2 heterocycles. The zero-order chi connectivity index (χ0) is 21.9. The number of nitrogens with zero attached hydrogens (tertiary/aromatic N) is 1. The number of carbonyl (C=O) groups excluding carboxylic acids is 1. The van der Waals surface area contributed by atoms with Crippen molar-refractivity contribution in [2.45, 2.75) is 63.5 Å². The molecule has 3 fully saturated rings. The lowest BCUT2D eigenvalue weighted by Gasteiger charge is -2.58. The maximum absolute atomic E-state index is 12.4. The molecule has 31 heavy (non-hydrogen) atoms. The first-order chi connectivity index (χ1) is 14.8. The van der Waals surface area contributed by atoms with Gasteiger partial charge in [0.25, 0.3) is 5.91 Å². The van der Waals surface area contributed by atoms with Crippen LogP contribution in [0.25, 0.3) is 0 Å². The third-order valence-electron chi connectivity index (χ3n) is 8.46. The number of nitrogens with one attached hydrogen (secondary N) is 1. The van der Waals surface area contributed by atoms with Crippen LogP contribution in [0.5, 0.6) is 5.75 Å². The summed E-state index contributed by atoms with van der Waals surface area (Å²) in [5, 5.41) is 22.8. The molecule has 2 aliphatic carbocycles. The number of rotatable bonds is 4. The molecule has 0 aromatic heterocycles. The van der Waals surface area contributed by atoms with Gasteiger partial charge in [0.15, 0.2) is 0 Å². The van der Waals surface area contributed by atoms with Crippen LogP contribution in [0.2, 0.25) is 0 Å². The van der Waals surface area contributed by atoms with Gasteiger partial charge in [0.2, 0.25) is 0 Å². The van der Waals surface area contributed by atoms with Crippen LogP contribution < -0.4 is 5.32 Å². The lowest BCUT2D eigenvalue weighted by molar-refractivity contribution is -0.135. The van der Waals surface area contributed by atoms with Crippen LogP contribution in [0.1, 0.15) is 50.2 Å². The summed E-state index contributed by atoms with van der Waals surface area (Å²) in [6.45, 7) is 6.59. The topological polar surface area (TPSA) is 89.9 Å². The summed E-state index contributed by atoms with van der Waals surface area (Å²) >= 11 is 0. The summed E-state index contributed by atoms with van der Waals surface area (Å²) in [7, 11) is 0. The molecule has 1 aromatic carbocycles. The van der Waals surface area contributed by atoms with Gasteiger partial charge in [-0.15, -0.1) is 0 Å². The SMILES string of the molecule is Cc1ccc(O)cc1C12CCN(CC3CC3)C(C)C1CC1C=C(C(=O)O)C(=O)NC1C2. The van der Waals surface area contributed by atoms with Crippen molar-refractivity contribution in [3.63, 3.8) is 0 Å². The van der Waals surface area contributed by atoms with E-state index in [1.807, 2.05) is 12.1 Å². The van der Waals surface area contributed by atoms with Crippen molar-refractivity contribution in [2.75, 3.05) is 13.1 Å². The predicted molar refractivity (Wildman–Crippen MR) is 117 cm³/mol. The molecule has 0 spiro atoms. The number of aromatic hydroxyl groups is 1. The van der Waals surface area contributed by atoms with Crippen LogP contribution in [0.4, 0.5) is 0 Å². The first kappa shape index (κ1) is 20.6. The summed E-state index contributed by atoms with van der Waals surface area (Å²) < 4.78 is 0. The predicted octanol–water partition coefficient (Wildman–Crippen LogP) is 2.98. The third-order valence-corrected chi connectivity index (χ3v) is 8.46. The second-order valence-electron chi connectivity index (χ2n) is 10.3. The van der Waals surface area contributed by atoms with Crippen molar-refractivity contribution in [1.82, 2.24) is 10.2 Å². The van der Waals surface area contributed by atoms with E-state index in [2.05, 4.69) is 24.1 Å². The number of carboxylic acid groups (broad SMARTS) is 1. The molecule has 5 unspecified atom stereocenters. The minimum atomic E-state index is -1.15. The lowest BCUT2D eigenvalue weighted by atomic mass is 9.52. The number of carbonyl (C=O) groups is 2. The monoisotopic (exact) mass is 424 g/mol. The molecule has 0 bridgehead atoms. The maximum atomic E-state index is 12.4. The molecular weight excluding hydrogens is 392 g/mol. The largest absolute Gasteiger partial charge is 0.508 e. The Bertz CT molecular complexity index is 953. The van der Waals surface area contributed by atoms with Crippen molar-refractivity contribution in [3.05, 3.63) is 41.0 Å². The van der Waals surface area contributed by atoms with Crippen LogP contribution in [-0.4, -0.2) is 52.2 Å². The van der Waals surface area contributed by atoms with Gasteiger partial charge in [0.05, 0.1) is 0 Å². The molecule has 6 nitrogen and oxygen atoms in total. The van der Waals surface area contributed by atoms with E-state index in [4.69, 9.17) is 0 Å². The third kappa shape index (κ3) is 3.45. The molecule has 1 amide bonds. The van der Waals surface area contributed by atoms with Gasteiger partial charge in [0, 0.05) is 24.0 Å². The molecule has 5 atom stereocenters. The number of amides is 1. The number of likely N-dealkylation sites (tertiary alicyclic amines) is 1. The number of hydrogen-bond acceptors (Lipinski definition) is 4. The minimum Gasteiger partial charge on any atom is -0.508 e. The number of carboxylic acids is 1. The quantitative estimate of drug-likeness (QED) is 0.647. The van der Waals surface area contributed by atoms with E-state index in [0.29, 0.717) is 12.0 Å². The van der Waals surface area contributed by atoms with Gasteiger partial charge in [-0.3, -0.25) is 4.79 Å². The number of phenolic OH excluding ortho intramolecular Hbond substituents is 1. The van der Waals surface area contributed by atoms with Crippen molar-refractivity contribution < 1.29 is 19.8 Å². The highest BCUT2D eigenvalue weighted by molar-refractivity contribution is 6.16. The number of piperidine rings is 1. The van der Waals surface area contributed by atoms with Gasteiger partial charge >= 0.3 is 5.97 Å². The molecule has 3 N–H and O–H groups in total. The first-order valence-electron chi connectivity index (χ1n) is 11.6. The van der Waals surface area contributed by atoms with E-state index in [1.165, 1.54) is 24.0 Å². The van der Waals surface area contributed by atoms with Gasteiger partial charge in [-0.05, 0) is 93.5 Å². The van der Waals surface area contributed by atoms with E-state index >= 15 is 0 Å². The number of aliphatic carboxylic acids is 1. The summed E-state index contributed by atoms with van der Waals surface area (Å²) in [5.41, 5.74) is 2.11. The van der Waals surface area contributed by atoms with E-state index in [-0.39, 0.29) is 28.7 Å². The van der Waals surface area contributed by atoms with Crippen molar-refractivity contribution in [2.24, 2.45) is 17.8 Å². The van der Waals surface area contributed by atoms with Crippen molar-refractivity contribution >= 4 is 11.9 Å². The summed E-state index contributed by atoms with van der Waals surface area (Å²) in [6.07, 6.45) is 6.98. The van der Waals surface area contributed by atoms with E-state index in [0.717, 1.165) is 38.3 Å². The first-order valence-corrected chi connectivity index (χ1v) is 11.6. The molecule has 2 saturated carbocycles. The highest BCUT2D eigenvalue weighted by Crippen LogP contribution is 2.55. The van der Waals surface area contributed by atoms with E-state index in [1.54, 1.807) is 12.1 Å². The van der Waals surface area contributed by atoms with Gasteiger partial charge in [0.1, 0.15) is 11.3 Å². The zero-order valence-corrected chi connectivity index (χ0v) is 18.3. The molecule has 4 aliphatic rings. The Labute approximate surface area is 183 Å². The van der Waals surface area contributed by atoms with Crippen LogP contribution in [0.3, 0.4) is 0 Å². The fraction of sp³-hybridized carbons (Fsp3) is 0.600. The molecule has 6 heteroatoms. The second kappa shape index (κ2) is 7.37. The molecule has 0 radical (unpaired) electrons. The molecule has 2 aliphatic heterocycles. The minimum absolute atomic E-state index is 0.0304. The molecular formula is C25H32N2O4. The van der Waals surface area contributed by atoms with Gasteiger partial charge in [-0.1, -0.05) is 12.1 Å². The Balaban J connectivity index is 1.56. The van der Waals surface area contributed by atoms with Gasteiger partial charge in [-0.25, -0.2) is 4.79 Å². The average molecular weight is 425 g/mol. The number of aryl methyl sites for hydroxylation is 1. The van der Waals surface area contributed by atoms with Crippen LogP contribution in [-0.2, 0) is 15.0 Å². The molecule has 1 aromatic rings. The van der Waals surface area contributed by atoms with E-state index in [9.17, 15) is 19.8 Å². The highest BCUT2D eigenvalue weighted by Gasteiger charge is 2.55. The Morgan fingerprint density at radius 1 is 1.32 bits per heavy atom. The Morgan fingerprint density at radius 2 is 2.10 bits per heavy atom. The molecule has 5 rings (SSSR count). The van der Waals surface area contributed by atoms with Crippen molar-refractivity contribution in [3.8, 4) is 5.75 Å². The fourth-order valence-corrected chi connectivity index (χ4v) is 6.65. The van der Waals surface area contributed by atoms with Crippen LogP contribution in [0.15, 0.2) is 29.8 Å². The normalized spacial score (nSPS) is 35.5. The summed E-state index contributed by atoms with van der Waals surface area (Å²) in [6, 6.07) is 5.96. The fourth-order valence-electron chi connectivity index (χ4n) is 6.65. The Kier molecular flexibility index (Phi) is 4.88. The van der Waals surface area contributed by atoms with Gasteiger partial charge in [-0.2, -0.15) is 0 Å². The van der Waals surface area contributed by atoms with Gasteiger partial charge < -0.3 is 20.4 Å². The number of benzene rings is 1. The Hall–Kier alpha value is -2.34. The smallest absolute Gasteiger partial charge is 0.340 e. The number of fused-ring (bicyclic) bond motifs is 2. The maximum Gasteiger partial charge on any atom is 0.340 e. The number of phenols is 1. The molecule has 166 valence electrons. The standard InChI is InChI=1S/C25H32N2O4/c1-14-3-6-18(28)11-20(14)25-7-8-27(13-16-4-5-16)15(2)21(25)10-17-9-19(24(30)31)23(29)26-22(17)12-25/h3,6,9,11,15-17,21-22,28H,4-5,7-8,10,12-13H2,1-2H3,(H,26,29)(H,30,31). The Morgan fingerprint density at radius 3 is 2.81 bits per heavy atom. The average Bonchev–Trinajstić information content (AvgIpc) is 3.54. The highest BCUT2D eigenvalue weighted by atomic mass is 16.4. The second-order valence-corrected chi connectivity index (χ2v) is 10.3. The molecule has 1 saturated heterocycles. The van der Waals surface area contributed by atoms with Crippen molar-refractivity contribution in [1.29, 1.82) is 0 Å². The lowest BCUT2D eigenvalue weighted by Crippen LogP contribution is -2.63. The zero-order valence-electron chi connectivity index (χ0n) is 18.3. The van der Waals surface area contributed by atoms with E-state index < -0.39 is 11.9 Å². The number of hydrogen-bond donors (Lipinski definition) is 3. The van der Waals surface area contributed by atoms with Crippen LogP contribution in [0, 0.1) is 24.7 Å².